The molecule has 0 aliphatic heterocycles. The lowest BCUT2D eigenvalue weighted by Gasteiger charge is -2.15. The van der Waals surface area contributed by atoms with Crippen LogP contribution in [0.25, 0.3) is 0 Å². The number of nitrogens with two attached hydrogens (primary N) is 2. The molecule has 3 aromatic rings. The van der Waals surface area contributed by atoms with Crippen LogP contribution in [-0.4, -0.2) is 29.9 Å². The molecule has 0 fully saturated rings. The average molecular weight is 422 g/mol. The molecule has 30 heavy (non-hydrogen) atoms. The van der Waals surface area contributed by atoms with Gasteiger partial charge in [0.05, 0.1) is 11.6 Å². The second-order valence-corrected chi connectivity index (χ2v) is 8.02. The Bertz CT molecular complexity index is 942. The molecular weight excluding hydrogens is 394 g/mol. The normalized spacial score (nSPS) is 10.7. The van der Waals surface area contributed by atoms with Crippen LogP contribution in [0.2, 0.25) is 0 Å². The van der Waals surface area contributed by atoms with Crippen LogP contribution in [0.15, 0.2) is 65.7 Å². The summed E-state index contributed by atoms with van der Waals surface area (Å²) in [5.41, 5.74) is 13.7. The Morgan fingerprint density at radius 1 is 1.03 bits per heavy atom. The highest BCUT2D eigenvalue weighted by molar-refractivity contribution is 7.14. The number of nitrogens with zero attached hydrogens (tertiary/aromatic N) is 2. The molecule has 5 N–H and O–H groups in total. The number of guanidine groups is 1. The van der Waals surface area contributed by atoms with Gasteiger partial charge in [-0.15, -0.1) is 11.3 Å². The number of nitrogens with one attached hydrogen (secondary N) is 1. The van der Waals surface area contributed by atoms with Crippen LogP contribution in [0.3, 0.4) is 0 Å². The average Bonchev–Trinajstić information content (AvgIpc) is 3.13. The van der Waals surface area contributed by atoms with E-state index in [9.17, 15) is 4.79 Å². The highest BCUT2D eigenvalue weighted by atomic mass is 32.1. The monoisotopic (exact) mass is 421 g/mol. The van der Waals surface area contributed by atoms with Crippen LogP contribution < -0.4 is 16.8 Å². The first kappa shape index (κ1) is 21.5. The number of aryl methyl sites for hydroxylation is 1. The van der Waals surface area contributed by atoms with Gasteiger partial charge in [-0.2, -0.15) is 0 Å². The van der Waals surface area contributed by atoms with Crippen molar-refractivity contribution in [2.75, 3.05) is 13.1 Å². The molecule has 6 nitrogen and oxygen atoms in total. The van der Waals surface area contributed by atoms with E-state index >= 15 is 0 Å². The van der Waals surface area contributed by atoms with Crippen molar-refractivity contribution >= 4 is 23.2 Å². The van der Waals surface area contributed by atoms with E-state index in [1.807, 2.05) is 43.3 Å². The van der Waals surface area contributed by atoms with E-state index in [0.29, 0.717) is 18.0 Å². The summed E-state index contributed by atoms with van der Waals surface area (Å²) < 4.78 is 0. The Labute approximate surface area is 181 Å². The molecule has 1 heterocycles. The van der Waals surface area contributed by atoms with Crippen LogP contribution in [-0.2, 0) is 0 Å². The van der Waals surface area contributed by atoms with E-state index in [4.69, 9.17) is 16.5 Å². The van der Waals surface area contributed by atoms with Crippen LogP contribution >= 0.6 is 11.3 Å². The van der Waals surface area contributed by atoms with Gasteiger partial charge in [0.2, 0.25) is 0 Å². The molecule has 0 unspecified atom stereocenters. The maximum absolute atomic E-state index is 12.7. The van der Waals surface area contributed by atoms with E-state index in [1.54, 1.807) is 0 Å². The molecule has 3 rings (SSSR count). The zero-order valence-corrected chi connectivity index (χ0v) is 17.9. The summed E-state index contributed by atoms with van der Waals surface area (Å²) >= 11 is 1.46. The lowest BCUT2D eigenvalue weighted by molar-refractivity contribution is 0.0956. The number of aromatic nitrogens is 1. The van der Waals surface area contributed by atoms with E-state index in [-0.39, 0.29) is 17.8 Å². The van der Waals surface area contributed by atoms with Crippen LogP contribution in [0.5, 0.6) is 0 Å². The predicted molar refractivity (Wildman–Crippen MR) is 123 cm³/mol. The Hall–Kier alpha value is -3.19. The fraction of sp³-hybridized carbons (Fsp3) is 0.261. The fourth-order valence-corrected chi connectivity index (χ4v) is 4.39. The smallest absolute Gasteiger partial charge is 0.263 e. The number of hydrogen-bond acceptors (Lipinski definition) is 4. The van der Waals surface area contributed by atoms with Crippen molar-refractivity contribution in [3.05, 3.63) is 87.4 Å². The van der Waals surface area contributed by atoms with Crippen LogP contribution in [0.4, 0.5) is 0 Å². The van der Waals surface area contributed by atoms with Crippen molar-refractivity contribution < 1.29 is 4.79 Å². The molecule has 0 aliphatic carbocycles. The van der Waals surface area contributed by atoms with Gasteiger partial charge in [-0.1, -0.05) is 60.7 Å². The summed E-state index contributed by atoms with van der Waals surface area (Å²) in [5.74, 6) is 0.00781. The fourth-order valence-electron chi connectivity index (χ4n) is 3.25. The van der Waals surface area contributed by atoms with Gasteiger partial charge in [0, 0.05) is 13.1 Å². The van der Waals surface area contributed by atoms with Gasteiger partial charge in [0.15, 0.2) is 5.96 Å². The van der Waals surface area contributed by atoms with Crippen molar-refractivity contribution in [3.8, 4) is 0 Å². The lowest BCUT2D eigenvalue weighted by Crippen LogP contribution is -2.25. The lowest BCUT2D eigenvalue weighted by atomic mass is 9.92. The molecule has 0 bridgehead atoms. The highest BCUT2D eigenvalue weighted by Crippen LogP contribution is 2.35. The molecule has 1 amide bonds. The third-order valence-corrected chi connectivity index (χ3v) is 5.92. The SMILES string of the molecule is Cc1nc(C(c2ccccc2)c2ccccc2)sc1C(=O)NCCCCN=C(N)N. The van der Waals surface area contributed by atoms with E-state index in [1.165, 1.54) is 11.3 Å². The van der Waals surface area contributed by atoms with Gasteiger partial charge in [0.25, 0.3) is 5.91 Å². The molecule has 156 valence electrons. The number of aliphatic imine (C=N–C) groups is 1. The number of carbonyl (C=O) groups excluding carboxylic acids is 1. The molecule has 2 aromatic carbocycles. The van der Waals surface area contributed by atoms with Crippen LogP contribution in [0.1, 0.15) is 50.3 Å². The first-order valence-corrected chi connectivity index (χ1v) is 10.8. The van der Waals surface area contributed by atoms with Crippen molar-refractivity contribution in [1.29, 1.82) is 0 Å². The molecule has 0 spiro atoms. The zero-order valence-electron chi connectivity index (χ0n) is 17.0. The number of thiazole rings is 1. The zero-order chi connectivity index (χ0) is 21.3. The summed E-state index contributed by atoms with van der Waals surface area (Å²) in [5, 5.41) is 3.90. The minimum atomic E-state index is -0.0852. The molecule has 0 saturated heterocycles. The van der Waals surface area contributed by atoms with Gasteiger partial charge >= 0.3 is 0 Å². The van der Waals surface area contributed by atoms with E-state index in [2.05, 4.69) is 34.6 Å². The quantitative estimate of drug-likeness (QED) is 0.280. The van der Waals surface area contributed by atoms with Gasteiger partial charge in [-0.3, -0.25) is 9.79 Å². The topological polar surface area (TPSA) is 106 Å². The second kappa shape index (κ2) is 10.5. The van der Waals surface area contributed by atoms with Gasteiger partial charge in [-0.25, -0.2) is 4.98 Å². The first-order valence-electron chi connectivity index (χ1n) is 9.97. The van der Waals surface area contributed by atoms with Crippen molar-refractivity contribution in [1.82, 2.24) is 10.3 Å². The molecule has 7 heteroatoms. The molecule has 0 radical (unpaired) electrons. The largest absolute Gasteiger partial charge is 0.370 e. The van der Waals surface area contributed by atoms with Gasteiger partial charge in [-0.05, 0) is 30.9 Å². The Morgan fingerprint density at radius 2 is 1.63 bits per heavy atom. The maximum atomic E-state index is 12.7. The molecule has 1 aromatic heterocycles. The predicted octanol–water partition coefficient (Wildman–Crippen LogP) is 3.42. The number of rotatable bonds is 9. The summed E-state index contributed by atoms with van der Waals surface area (Å²) in [7, 11) is 0. The Morgan fingerprint density at radius 3 is 2.20 bits per heavy atom. The molecule has 0 saturated carbocycles. The number of hydrogen-bond donors (Lipinski definition) is 3. The maximum Gasteiger partial charge on any atom is 0.263 e. The number of benzene rings is 2. The summed E-state index contributed by atoms with van der Waals surface area (Å²) in [6.45, 7) is 3.03. The minimum absolute atomic E-state index is 0.00256. The van der Waals surface area contributed by atoms with Crippen LogP contribution in [0, 0.1) is 6.92 Å². The van der Waals surface area contributed by atoms with Crippen molar-refractivity contribution in [2.45, 2.75) is 25.7 Å². The van der Waals surface area contributed by atoms with Gasteiger partial charge < -0.3 is 16.8 Å². The first-order chi connectivity index (χ1) is 14.6. The second-order valence-electron chi connectivity index (χ2n) is 6.99. The Kier molecular flexibility index (Phi) is 7.57. The molecular formula is C23H27N5OS. The third-order valence-electron chi connectivity index (χ3n) is 4.70. The van der Waals surface area contributed by atoms with Gasteiger partial charge in [0.1, 0.15) is 9.88 Å². The van der Waals surface area contributed by atoms with E-state index in [0.717, 1.165) is 34.7 Å². The minimum Gasteiger partial charge on any atom is -0.370 e. The number of unbranched alkanes of at least 4 members (excludes halogenated alkanes) is 1. The summed E-state index contributed by atoms with van der Waals surface area (Å²) in [4.78, 5) is 22.1. The highest BCUT2D eigenvalue weighted by Gasteiger charge is 2.23. The molecule has 0 atom stereocenters. The summed E-state index contributed by atoms with van der Waals surface area (Å²) in [6.07, 6.45) is 1.62. The number of amides is 1. The van der Waals surface area contributed by atoms with Crippen molar-refractivity contribution in [3.63, 3.8) is 0 Å². The Balaban J connectivity index is 1.74. The molecule has 0 aliphatic rings. The standard InChI is InChI=1S/C23H27N5OS/c1-16-20(21(29)26-14-8-9-15-27-23(24)25)30-22(28-16)19(17-10-4-2-5-11-17)18-12-6-3-7-13-18/h2-7,10-13,19H,8-9,14-15H2,1H3,(H,26,29)(H4,24,25,27). The number of carbonyl (C=O) groups is 1. The third kappa shape index (κ3) is 5.67. The summed E-state index contributed by atoms with van der Waals surface area (Å²) in [6, 6.07) is 20.5. The van der Waals surface area contributed by atoms with Crippen molar-refractivity contribution in [2.24, 2.45) is 16.5 Å². The van der Waals surface area contributed by atoms with E-state index < -0.39 is 0 Å².